The number of nitrogens with one attached hydrogen (secondary N) is 1. The summed E-state index contributed by atoms with van der Waals surface area (Å²) in [6.07, 6.45) is 0. The van der Waals surface area contributed by atoms with E-state index in [4.69, 9.17) is 5.73 Å². The molecule has 1 atom stereocenters. The molecule has 3 N–H and O–H groups in total. The molecule has 1 unspecified atom stereocenters. The summed E-state index contributed by atoms with van der Waals surface area (Å²) < 4.78 is 14.3. The van der Waals surface area contributed by atoms with Gasteiger partial charge in [-0.3, -0.25) is 9.59 Å². The van der Waals surface area contributed by atoms with Gasteiger partial charge in [-0.1, -0.05) is 15.9 Å². The maximum atomic E-state index is 13.8. The molecule has 0 aliphatic carbocycles. The molecule has 102 valence electrons. The largest absolute Gasteiger partial charge is 0.368 e. The molecule has 0 bridgehead atoms. The van der Waals surface area contributed by atoms with Crippen LogP contribution in [0.5, 0.6) is 0 Å². The van der Waals surface area contributed by atoms with Crippen molar-refractivity contribution < 1.29 is 14.0 Å². The third-order valence-electron chi connectivity index (χ3n) is 2.99. The second-order valence-corrected chi connectivity index (χ2v) is 5.16. The maximum absolute atomic E-state index is 13.8. The molecule has 0 spiro atoms. The molecule has 5 nitrogen and oxygen atoms in total. The van der Waals surface area contributed by atoms with Crippen LogP contribution in [-0.2, 0) is 4.79 Å². The number of nitrogens with zero attached hydrogens (tertiary/aromatic N) is 1. The first kappa shape index (κ1) is 14.0. The molecule has 0 radical (unpaired) electrons. The molecule has 1 aromatic carbocycles. The predicted octanol–water partition coefficient (Wildman–Crippen LogP) is 0.488. The summed E-state index contributed by atoms with van der Waals surface area (Å²) in [6, 6.07) is 3.44. The SMILES string of the molecule is NC(=O)C1CNCCN1C(=O)c1ccc(Br)cc1F. The lowest BCUT2D eigenvalue weighted by Gasteiger charge is -2.34. The highest BCUT2D eigenvalue weighted by Crippen LogP contribution is 2.18. The van der Waals surface area contributed by atoms with E-state index in [0.29, 0.717) is 24.1 Å². The van der Waals surface area contributed by atoms with Gasteiger partial charge < -0.3 is 16.0 Å². The van der Waals surface area contributed by atoms with Crippen LogP contribution in [0.15, 0.2) is 22.7 Å². The number of rotatable bonds is 2. The monoisotopic (exact) mass is 329 g/mol. The number of halogens is 2. The summed E-state index contributed by atoms with van der Waals surface area (Å²) in [5.74, 6) is -1.74. The van der Waals surface area contributed by atoms with Crippen molar-refractivity contribution in [2.75, 3.05) is 19.6 Å². The first-order valence-corrected chi connectivity index (χ1v) is 6.56. The molecular weight excluding hydrogens is 317 g/mol. The van der Waals surface area contributed by atoms with Gasteiger partial charge in [-0.2, -0.15) is 0 Å². The number of amides is 2. The van der Waals surface area contributed by atoms with E-state index in [1.54, 1.807) is 6.07 Å². The second-order valence-electron chi connectivity index (χ2n) is 4.25. The van der Waals surface area contributed by atoms with E-state index in [9.17, 15) is 14.0 Å². The molecule has 2 rings (SSSR count). The van der Waals surface area contributed by atoms with Crippen LogP contribution in [0.2, 0.25) is 0 Å². The molecule has 1 heterocycles. The average molecular weight is 330 g/mol. The molecule has 0 aromatic heterocycles. The first-order valence-electron chi connectivity index (χ1n) is 5.76. The Bertz CT molecular complexity index is 524. The van der Waals surface area contributed by atoms with Crippen LogP contribution in [0, 0.1) is 5.82 Å². The van der Waals surface area contributed by atoms with Crippen molar-refractivity contribution in [2.45, 2.75) is 6.04 Å². The van der Waals surface area contributed by atoms with Gasteiger partial charge in [0.1, 0.15) is 11.9 Å². The van der Waals surface area contributed by atoms with Crippen LogP contribution < -0.4 is 11.1 Å². The molecule has 1 fully saturated rings. The van der Waals surface area contributed by atoms with Crippen LogP contribution in [0.25, 0.3) is 0 Å². The van der Waals surface area contributed by atoms with Crippen molar-refractivity contribution in [3.05, 3.63) is 34.1 Å². The van der Waals surface area contributed by atoms with E-state index in [1.165, 1.54) is 17.0 Å². The molecular formula is C12H13BrFN3O2. The number of hydrogen-bond acceptors (Lipinski definition) is 3. The maximum Gasteiger partial charge on any atom is 0.257 e. The Hall–Kier alpha value is -1.47. The Kier molecular flexibility index (Phi) is 4.16. The number of carbonyl (C=O) groups is 2. The number of piperazine rings is 1. The smallest absolute Gasteiger partial charge is 0.257 e. The molecule has 1 aliphatic rings. The van der Waals surface area contributed by atoms with Gasteiger partial charge in [-0.25, -0.2) is 4.39 Å². The minimum absolute atomic E-state index is 0.0589. The van der Waals surface area contributed by atoms with Gasteiger partial charge in [0.15, 0.2) is 0 Å². The summed E-state index contributed by atoms with van der Waals surface area (Å²) in [5.41, 5.74) is 5.20. The minimum atomic E-state index is -0.746. The van der Waals surface area contributed by atoms with Gasteiger partial charge in [0.25, 0.3) is 5.91 Å². The van der Waals surface area contributed by atoms with Gasteiger partial charge in [-0.05, 0) is 18.2 Å². The van der Waals surface area contributed by atoms with E-state index in [1.807, 2.05) is 0 Å². The van der Waals surface area contributed by atoms with E-state index in [-0.39, 0.29) is 5.56 Å². The molecule has 1 aromatic rings. The summed E-state index contributed by atoms with van der Waals surface area (Å²) in [6.45, 7) is 1.16. The Morgan fingerprint density at radius 2 is 2.21 bits per heavy atom. The van der Waals surface area contributed by atoms with E-state index in [0.717, 1.165) is 0 Å². The lowest BCUT2D eigenvalue weighted by atomic mass is 10.1. The van der Waals surface area contributed by atoms with E-state index in [2.05, 4.69) is 21.2 Å². The second kappa shape index (κ2) is 5.66. The zero-order chi connectivity index (χ0) is 14.0. The van der Waals surface area contributed by atoms with Crippen LogP contribution in [0.3, 0.4) is 0 Å². The normalized spacial score (nSPS) is 19.3. The van der Waals surface area contributed by atoms with Crippen molar-refractivity contribution in [3.8, 4) is 0 Å². The summed E-state index contributed by atoms with van der Waals surface area (Å²) in [4.78, 5) is 24.9. The lowest BCUT2D eigenvalue weighted by Crippen LogP contribution is -2.58. The van der Waals surface area contributed by atoms with Crippen molar-refractivity contribution in [3.63, 3.8) is 0 Å². The van der Waals surface area contributed by atoms with E-state index >= 15 is 0 Å². The fraction of sp³-hybridized carbons (Fsp3) is 0.333. The van der Waals surface area contributed by atoms with Gasteiger partial charge in [-0.15, -0.1) is 0 Å². The zero-order valence-corrected chi connectivity index (χ0v) is 11.6. The Balaban J connectivity index is 2.28. The van der Waals surface area contributed by atoms with Crippen LogP contribution in [0.1, 0.15) is 10.4 Å². The number of carbonyl (C=O) groups excluding carboxylic acids is 2. The standard InChI is InChI=1S/C12H13BrFN3O2/c13-7-1-2-8(9(14)5-7)12(19)17-4-3-16-6-10(17)11(15)18/h1-2,5,10,16H,3-4,6H2,(H2,15,18). The topological polar surface area (TPSA) is 75.4 Å². The van der Waals surface area contributed by atoms with Gasteiger partial charge in [0.05, 0.1) is 5.56 Å². The van der Waals surface area contributed by atoms with E-state index < -0.39 is 23.7 Å². The highest BCUT2D eigenvalue weighted by Gasteiger charge is 2.32. The zero-order valence-electron chi connectivity index (χ0n) is 10.0. The summed E-state index contributed by atoms with van der Waals surface area (Å²) >= 11 is 3.13. The Morgan fingerprint density at radius 1 is 1.47 bits per heavy atom. The molecule has 7 heteroatoms. The summed E-state index contributed by atoms with van der Waals surface area (Å²) in [5, 5.41) is 2.98. The number of hydrogen-bond donors (Lipinski definition) is 2. The van der Waals surface area contributed by atoms with Gasteiger partial charge in [0.2, 0.25) is 5.91 Å². The van der Waals surface area contributed by atoms with Gasteiger partial charge >= 0.3 is 0 Å². The molecule has 1 aliphatic heterocycles. The average Bonchev–Trinajstić information content (AvgIpc) is 2.38. The molecule has 1 saturated heterocycles. The highest BCUT2D eigenvalue weighted by atomic mass is 79.9. The number of primary amides is 1. The van der Waals surface area contributed by atoms with Gasteiger partial charge in [0, 0.05) is 24.1 Å². The van der Waals surface area contributed by atoms with Crippen molar-refractivity contribution in [1.29, 1.82) is 0 Å². The van der Waals surface area contributed by atoms with Crippen molar-refractivity contribution >= 4 is 27.7 Å². The van der Waals surface area contributed by atoms with Crippen LogP contribution in [-0.4, -0.2) is 42.4 Å². The first-order chi connectivity index (χ1) is 9.00. The number of nitrogens with two attached hydrogens (primary N) is 1. The van der Waals surface area contributed by atoms with Crippen LogP contribution >= 0.6 is 15.9 Å². The quantitative estimate of drug-likeness (QED) is 0.829. The van der Waals surface area contributed by atoms with Crippen molar-refractivity contribution in [2.24, 2.45) is 5.73 Å². The minimum Gasteiger partial charge on any atom is -0.368 e. The van der Waals surface area contributed by atoms with Crippen LogP contribution in [0.4, 0.5) is 4.39 Å². The fourth-order valence-corrected chi connectivity index (χ4v) is 2.35. The lowest BCUT2D eigenvalue weighted by molar-refractivity contribution is -0.122. The molecule has 2 amide bonds. The third kappa shape index (κ3) is 2.93. The predicted molar refractivity (Wildman–Crippen MR) is 71.0 cm³/mol. The number of benzene rings is 1. The fourth-order valence-electron chi connectivity index (χ4n) is 2.02. The highest BCUT2D eigenvalue weighted by molar-refractivity contribution is 9.10. The summed E-state index contributed by atoms with van der Waals surface area (Å²) in [7, 11) is 0. The molecule has 0 saturated carbocycles. The Labute approximate surface area is 118 Å². The third-order valence-corrected chi connectivity index (χ3v) is 3.49. The molecule has 19 heavy (non-hydrogen) atoms. The Morgan fingerprint density at radius 3 is 2.84 bits per heavy atom. The van der Waals surface area contributed by atoms with Crippen molar-refractivity contribution in [1.82, 2.24) is 10.2 Å².